The minimum Gasteiger partial charge on any atom is -0.307 e. The van der Waals surface area contributed by atoms with E-state index in [-0.39, 0.29) is 23.7 Å². The van der Waals surface area contributed by atoms with E-state index in [1.54, 1.807) is 12.1 Å². The Bertz CT molecular complexity index is 1020. The molecule has 2 atom stereocenters. The number of fused-ring (bicyclic) bond motifs is 1. The van der Waals surface area contributed by atoms with Crippen LogP contribution >= 0.6 is 0 Å². The van der Waals surface area contributed by atoms with E-state index in [4.69, 9.17) is 0 Å². The molecule has 2 heterocycles. The number of hydrogen-bond acceptors (Lipinski definition) is 4. The van der Waals surface area contributed by atoms with Crippen molar-refractivity contribution >= 4 is 11.6 Å². The topological polar surface area (TPSA) is 63.9 Å². The molecule has 1 aliphatic heterocycles. The van der Waals surface area contributed by atoms with Gasteiger partial charge in [0.15, 0.2) is 6.04 Å². The molecule has 0 fully saturated rings. The SMILES string of the molecule is CC(C)C(C(=O)N1c2ccccc2CC1C)n1nnc(-c2cccc(F)c2)n1. The highest BCUT2D eigenvalue weighted by molar-refractivity contribution is 5.98. The first-order chi connectivity index (χ1) is 13.5. The van der Waals surface area contributed by atoms with Gasteiger partial charge in [-0.3, -0.25) is 4.79 Å². The van der Waals surface area contributed by atoms with Crippen LogP contribution in [0, 0.1) is 11.7 Å². The number of hydrogen-bond donors (Lipinski definition) is 0. The first-order valence-corrected chi connectivity index (χ1v) is 9.42. The lowest BCUT2D eigenvalue weighted by Crippen LogP contribution is -2.43. The maximum Gasteiger partial charge on any atom is 0.254 e. The highest BCUT2D eigenvalue weighted by Crippen LogP contribution is 2.35. The molecule has 0 N–H and O–H groups in total. The highest BCUT2D eigenvalue weighted by Gasteiger charge is 2.38. The van der Waals surface area contributed by atoms with E-state index in [1.165, 1.54) is 16.9 Å². The molecular formula is C21H22FN5O. The van der Waals surface area contributed by atoms with Gasteiger partial charge < -0.3 is 4.90 Å². The van der Waals surface area contributed by atoms with Crippen molar-refractivity contribution in [3.63, 3.8) is 0 Å². The number of rotatable bonds is 4. The number of benzene rings is 2. The van der Waals surface area contributed by atoms with Crippen LogP contribution in [-0.4, -0.2) is 32.2 Å². The molecule has 0 aliphatic carbocycles. The third-order valence-electron chi connectivity index (χ3n) is 5.09. The first-order valence-electron chi connectivity index (χ1n) is 9.42. The molecule has 1 aliphatic rings. The van der Waals surface area contributed by atoms with Crippen molar-refractivity contribution in [1.29, 1.82) is 0 Å². The normalized spacial score (nSPS) is 17.0. The number of aromatic nitrogens is 4. The van der Waals surface area contributed by atoms with E-state index in [9.17, 15) is 9.18 Å². The van der Waals surface area contributed by atoms with Crippen molar-refractivity contribution in [3.8, 4) is 11.4 Å². The standard InChI is InChI=1S/C21H22FN5O/c1-13(2)19(21(28)26-14(3)11-15-7-4-5-10-18(15)26)27-24-20(23-25-27)16-8-6-9-17(22)12-16/h4-10,12-14,19H,11H2,1-3H3. The fourth-order valence-electron chi connectivity index (χ4n) is 3.78. The van der Waals surface area contributed by atoms with Crippen LogP contribution in [-0.2, 0) is 11.2 Å². The molecule has 0 radical (unpaired) electrons. The van der Waals surface area contributed by atoms with Gasteiger partial charge in [0.2, 0.25) is 5.82 Å². The van der Waals surface area contributed by atoms with Crippen LogP contribution in [0.4, 0.5) is 10.1 Å². The largest absolute Gasteiger partial charge is 0.307 e. The van der Waals surface area contributed by atoms with E-state index in [1.807, 2.05) is 43.9 Å². The molecule has 144 valence electrons. The van der Waals surface area contributed by atoms with Gasteiger partial charge in [-0.15, -0.1) is 10.2 Å². The van der Waals surface area contributed by atoms with Gasteiger partial charge in [-0.25, -0.2) is 4.39 Å². The van der Waals surface area contributed by atoms with Gasteiger partial charge in [-0.2, -0.15) is 4.80 Å². The monoisotopic (exact) mass is 379 g/mol. The summed E-state index contributed by atoms with van der Waals surface area (Å²) >= 11 is 0. The maximum absolute atomic E-state index is 13.5. The summed E-state index contributed by atoms with van der Waals surface area (Å²) in [5.74, 6) is -0.168. The minimum absolute atomic E-state index is 0.0398. The summed E-state index contributed by atoms with van der Waals surface area (Å²) in [6.07, 6.45) is 0.825. The highest BCUT2D eigenvalue weighted by atomic mass is 19.1. The van der Waals surface area contributed by atoms with Gasteiger partial charge in [0.1, 0.15) is 5.82 Å². The molecule has 6 nitrogen and oxygen atoms in total. The average Bonchev–Trinajstić information content (AvgIpc) is 3.25. The van der Waals surface area contributed by atoms with Crippen LogP contribution in [0.25, 0.3) is 11.4 Å². The second-order valence-electron chi connectivity index (χ2n) is 7.52. The van der Waals surface area contributed by atoms with Gasteiger partial charge in [0.05, 0.1) is 0 Å². The first kappa shape index (κ1) is 18.3. The number of anilines is 1. The van der Waals surface area contributed by atoms with Crippen molar-refractivity contribution in [2.75, 3.05) is 4.90 Å². The van der Waals surface area contributed by atoms with Gasteiger partial charge >= 0.3 is 0 Å². The molecule has 1 aromatic heterocycles. The Morgan fingerprint density at radius 1 is 1.18 bits per heavy atom. The summed E-state index contributed by atoms with van der Waals surface area (Å²) in [5.41, 5.74) is 2.63. The molecule has 2 aromatic carbocycles. The third-order valence-corrected chi connectivity index (χ3v) is 5.09. The van der Waals surface area contributed by atoms with Crippen molar-refractivity contribution < 1.29 is 9.18 Å². The zero-order chi connectivity index (χ0) is 19.8. The summed E-state index contributed by atoms with van der Waals surface area (Å²) in [7, 11) is 0. The van der Waals surface area contributed by atoms with Crippen molar-refractivity contribution in [1.82, 2.24) is 20.2 Å². The van der Waals surface area contributed by atoms with Crippen molar-refractivity contribution in [3.05, 3.63) is 59.9 Å². The molecule has 1 amide bonds. The van der Waals surface area contributed by atoms with Crippen LogP contribution in [0.1, 0.15) is 32.4 Å². The van der Waals surface area contributed by atoms with E-state index in [0.29, 0.717) is 11.4 Å². The Kier molecular flexibility index (Phi) is 4.66. The summed E-state index contributed by atoms with van der Waals surface area (Å²) < 4.78 is 13.5. The van der Waals surface area contributed by atoms with E-state index in [2.05, 4.69) is 21.5 Å². The Morgan fingerprint density at radius 3 is 2.71 bits per heavy atom. The van der Waals surface area contributed by atoms with Crippen LogP contribution in [0.5, 0.6) is 0 Å². The number of carbonyl (C=O) groups excluding carboxylic acids is 1. The van der Waals surface area contributed by atoms with Gasteiger partial charge in [0.25, 0.3) is 5.91 Å². The van der Waals surface area contributed by atoms with E-state index < -0.39 is 6.04 Å². The number of amides is 1. The molecule has 7 heteroatoms. The summed E-state index contributed by atoms with van der Waals surface area (Å²) in [6.45, 7) is 5.96. The molecule has 4 rings (SSSR count). The molecule has 0 bridgehead atoms. The Morgan fingerprint density at radius 2 is 1.96 bits per heavy atom. The Hall–Kier alpha value is -3.09. The van der Waals surface area contributed by atoms with E-state index in [0.717, 1.165) is 17.7 Å². The molecule has 0 saturated heterocycles. The van der Waals surface area contributed by atoms with Crippen molar-refractivity contribution in [2.45, 2.75) is 39.3 Å². The predicted octanol–water partition coefficient (Wildman–Crippen LogP) is 3.65. The second kappa shape index (κ2) is 7.14. The molecule has 0 saturated carbocycles. The fourth-order valence-corrected chi connectivity index (χ4v) is 3.78. The van der Waals surface area contributed by atoms with Crippen LogP contribution in [0.2, 0.25) is 0 Å². The maximum atomic E-state index is 13.5. The Labute approximate surface area is 163 Å². The predicted molar refractivity (Wildman–Crippen MR) is 104 cm³/mol. The Balaban J connectivity index is 1.68. The third kappa shape index (κ3) is 3.17. The average molecular weight is 379 g/mol. The number of nitrogens with zero attached hydrogens (tertiary/aromatic N) is 5. The quantitative estimate of drug-likeness (QED) is 0.694. The lowest BCUT2D eigenvalue weighted by atomic mass is 10.0. The summed E-state index contributed by atoms with van der Waals surface area (Å²) in [4.78, 5) is 16.7. The lowest BCUT2D eigenvalue weighted by Gasteiger charge is -2.28. The van der Waals surface area contributed by atoms with Gasteiger partial charge in [0, 0.05) is 17.3 Å². The zero-order valence-electron chi connectivity index (χ0n) is 16.1. The van der Waals surface area contributed by atoms with E-state index >= 15 is 0 Å². The molecule has 2 unspecified atom stereocenters. The molecule has 3 aromatic rings. The van der Waals surface area contributed by atoms with Crippen molar-refractivity contribution in [2.24, 2.45) is 5.92 Å². The van der Waals surface area contributed by atoms with Gasteiger partial charge in [-0.05, 0) is 48.2 Å². The zero-order valence-corrected chi connectivity index (χ0v) is 16.1. The number of carbonyl (C=O) groups is 1. The summed E-state index contributed by atoms with van der Waals surface area (Å²) in [5, 5.41) is 12.6. The smallest absolute Gasteiger partial charge is 0.254 e. The number of tetrazole rings is 1. The summed E-state index contributed by atoms with van der Waals surface area (Å²) in [6, 6.07) is 13.5. The molecule has 0 spiro atoms. The number of para-hydroxylation sites is 1. The molecular weight excluding hydrogens is 357 g/mol. The van der Waals surface area contributed by atoms with Crippen LogP contribution in [0.3, 0.4) is 0 Å². The number of halogens is 1. The second-order valence-corrected chi connectivity index (χ2v) is 7.52. The lowest BCUT2D eigenvalue weighted by molar-refractivity contribution is -0.124. The van der Waals surface area contributed by atoms with Gasteiger partial charge in [-0.1, -0.05) is 44.2 Å². The van der Waals surface area contributed by atoms with Crippen LogP contribution in [0.15, 0.2) is 48.5 Å². The molecule has 28 heavy (non-hydrogen) atoms. The minimum atomic E-state index is -0.594. The van der Waals surface area contributed by atoms with Crippen LogP contribution < -0.4 is 4.90 Å². The fraction of sp³-hybridized carbons (Fsp3) is 0.333.